The van der Waals surface area contributed by atoms with Crippen LogP contribution < -0.4 is 5.32 Å². The van der Waals surface area contributed by atoms with Gasteiger partial charge in [-0.05, 0) is 12.0 Å². The number of carbonyl (C=O) groups excluding carboxylic acids is 1. The summed E-state index contributed by atoms with van der Waals surface area (Å²) in [6.45, 7) is -0.158. The number of aliphatic hydroxyl groups excluding tert-OH is 1. The van der Waals surface area contributed by atoms with Crippen LogP contribution in [0, 0.1) is 0 Å². The molecule has 0 aliphatic carbocycles. The van der Waals surface area contributed by atoms with Crippen LogP contribution in [0.5, 0.6) is 0 Å². The van der Waals surface area contributed by atoms with E-state index in [2.05, 4.69) is 15.3 Å². The van der Waals surface area contributed by atoms with Gasteiger partial charge < -0.3 is 10.4 Å². The smallest absolute Gasteiger partial charge is 0.271 e. The largest absolute Gasteiger partial charge is 0.394 e. The number of hydrogen-bond acceptors (Lipinski definition) is 4. The quantitative estimate of drug-likeness (QED) is 0.874. The van der Waals surface area contributed by atoms with Crippen molar-refractivity contribution in [2.24, 2.45) is 0 Å². The molecule has 6 heteroatoms. The predicted octanol–water partition coefficient (Wildman–Crippen LogP) is 1.46. The molecule has 0 radical (unpaired) electrons. The number of carbonyl (C=O) groups is 1. The van der Waals surface area contributed by atoms with E-state index in [1.807, 2.05) is 30.3 Å². The van der Waals surface area contributed by atoms with E-state index in [-0.39, 0.29) is 23.5 Å². The summed E-state index contributed by atoms with van der Waals surface area (Å²) in [5.74, 6) is -0.407. The van der Waals surface area contributed by atoms with Gasteiger partial charge in [-0.1, -0.05) is 41.9 Å². The van der Waals surface area contributed by atoms with Crippen LogP contribution in [-0.4, -0.2) is 33.6 Å². The molecule has 0 unspecified atom stereocenters. The Hall–Kier alpha value is -1.98. The molecule has 0 aliphatic rings. The molecule has 0 fully saturated rings. The van der Waals surface area contributed by atoms with Crippen LogP contribution in [-0.2, 0) is 6.42 Å². The Bertz CT molecular complexity index is 578. The first-order valence-electron chi connectivity index (χ1n) is 6.12. The third-order valence-electron chi connectivity index (χ3n) is 2.72. The van der Waals surface area contributed by atoms with Crippen LogP contribution in [0.4, 0.5) is 0 Å². The number of hydrogen-bond donors (Lipinski definition) is 2. The minimum Gasteiger partial charge on any atom is -0.394 e. The minimum absolute atomic E-state index is 0.129. The third-order valence-corrected chi connectivity index (χ3v) is 2.90. The highest BCUT2D eigenvalue weighted by Gasteiger charge is 2.15. The van der Waals surface area contributed by atoms with Gasteiger partial charge in [0, 0.05) is 0 Å². The van der Waals surface area contributed by atoms with Crippen LogP contribution in [0.1, 0.15) is 16.1 Å². The van der Waals surface area contributed by atoms with Crippen LogP contribution in [0.25, 0.3) is 0 Å². The van der Waals surface area contributed by atoms with Crippen LogP contribution in [0.2, 0.25) is 5.15 Å². The van der Waals surface area contributed by atoms with Crippen molar-refractivity contribution >= 4 is 17.5 Å². The normalized spacial score (nSPS) is 11.9. The first kappa shape index (κ1) is 14.4. The molecule has 1 amide bonds. The summed E-state index contributed by atoms with van der Waals surface area (Å²) in [7, 11) is 0. The van der Waals surface area contributed by atoms with Gasteiger partial charge in [0.1, 0.15) is 10.8 Å². The van der Waals surface area contributed by atoms with Crippen LogP contribution >= 0.6 is 11.6 Å². The molecule has 5 nitrogen and oxygen atoms in total. The molecule has 0 saturated carbocycles. The molecular formula is C14H14ClN3O2. The van der Waals surface area contributed by atoms with Crippen LogP contribution in [0.3, 0.4) is 0 Å². The van der Waals surface area contributed by atoms with Gasteiger partial charge in [-0.2, -0.15) is 0 Å². The van der Waals surface area contributed by atoms with Gasteiger partial charge in [0.25, 0.3) is 5.91 Å². The van der Waals surface area contributed by atoms with E-state index in [4.69, 9.17) is 11.6 Å². The average molecular weight is 292 g/mol. The second-order valence-electron chi connectivity index (χ2n) is 4.27. The molecule has 0 aliphatic heterocycles. The van der Waals surface area contributed by atoms with Crippen molar-refractivity contribution in [1.29, 1.82) is 0 Å². The lowest BCUT2D eigenvalue weighted by Gasteiger charge is -2.16. The summed E-state index contributed by atoms with van der Waals surface area (Å²) in [5.41, 5.74) is 1.16. The summed E-state index contributed by atoms with van der Waals surface area (Å²) >= 11 is 5.69. The summed E-state index contributed by atoms with van der Waals surface area (Å²) in [4.78, 5) is 19.7. The van der Waals surface area contributed by atoms with E-state index < -0.39 is 5.91 Å². The highest BCUT2D eigenvalue weighted by Crippen LogP contribution is 2.05. The van der Waals surface area contributed by atoms with Gasteiger partial charge >= 0.3 is 0 Å². The first-order valence-corrected chi connectivity index (χ1v) is 6.50. The second-order valence-corrected chi connectivity index (χ2v) is 4.66. The Morgan fingerprint density at radius 1 is 1.30 bits per heavy atom. The van der Waals surface area contributed by atoms with Crippen molar-refractivity contribution in [3.63, 3.8) is 0 Å². The lowest BCUT2D eigenvalue weighted by atomic mass is 10.1. The maximum atomic E-state index is 12.0. The van der Waals surface area contributed by atoms with Gasteiger partial charge in [-0.15, -0.1) is 0 Å². The van der Waals surface area contributed by atoms with Gasteiger partial charge in [0.15, 0.2) is 0 Å². The van der Waals surface area contributed by atoms with Crippen molar-refractivity contribution in [1.82, 2.24) is 15.3 Å². The summed E-state index contributed by atoms with van der Waals surface area (Å²) in [6, 6.07) is 9.23. The van der Waals surface area contributed by atoms with Crippen molar-refractivity contribution in [2.45, 2.75) is 12.5 Å². The maximum Gasteiger partial charge on any atom is 0.271 e. The van der Waals surface area contributed by atoms with Gasteiger partial charge in [0.05, 0.1) is 25.0 Å². The predicted molar refractivity (Wildman–Crippen MR) is 75.5 cm³/mol. The summed E-state index contributed by atoms with van der Waals surface area (Å²) < 4.78 is 0. The molecule has 2 N–H and O–H groups in total. The molecule has 20 heavy (non-hydrogen) atoms. The van der Waals surface area contributed by atoms with Crippen molar-refractivity contribution in [3.8, 4) is 0 Å². The molecule has 1 aromatic heterocycles. The maximum absolute atomic E-state index is 12.0. The Balaban J connectivity index is 2.01. The van der Waals surface area contributed by atoms with Gasteiger partial charge in [-0.3, -0.25) is 9.78 Å². The van der Waals surface area contributed by atoms with Crippen molar-refractivity contribution in [3.05, 3.63) is 59.1 Å². The highest BCUT2D eigenvalue weighted by molar-refractivity contribution is 6.29. The molecule has 1 heterocycles. The number of nitrogens with one attached hydrogen (secondary N) is 1. The number of aliphatic hydroxyl groups is 1. The molecule has 0 spiro atoms. The Morgan fingerprint density at radius 2 is 2.05 bits per heavy atom. The average Bonchev–Trinajstić information content (AvgIpc) is 2.47. The number of rotatable bonds is 5. The molecule has 0 bridgehead atoms. The first-order chi connectivity index (χ1) is 9.69. The molecule has 0 saturated heterocycles. The van der Waals surface area contributed by atoms with Crippen LogP contribution in [0.15, 0.2) is 42.7 Å². The number of nitrogens with zero attached hydrogens (tertiary/aromatic N) is 2. The fourth-order valence-corrected chi connectivity index (χ4v) is 1.92. The van der Waals surface area contributed by atoms with Gasteiger partial charge in [0.2, 0.25) is 0 Å². The lowest BCUT2D eigenvalue weighted by molar-refractivity contribution is 0.0911. The molecule has 104 valence electrons. The molecule has 1 aromatic carbocycles. The minimum atomic E-state index is -0.407. The topological polar surface area (TPSA) is 75.1 Å². The molecule has 2 aromatic rings. The van der Waals surface area contributed by atoms with E-state index in [0.29, 0.717) is 6.42 Å². The zero-order valence-corrected chi connectivity index (χ0v) is 11.4. The number of amides is 1. The van der Waals surface area contributed by atoms with E-state index in [1.54, 1.807) is 0 Å². The van der Waals surface area contributed by atoms with Crippen molar-refractivity contribution in [2.75, 3.05) is 6.61 Å². The Morgan fingerprint density at radius 3 is 2.70 bits per heavy atom. The lowest BCUT2D eigenvalue weighted by Crippen LogP contribution is -2.39. The Labute approximate surface area is 121 Å². The van der Waals surface area contributed by atoms with E-state index in [0.717, 1.165) is 5.56 Å². The number of benzene rings is 1. The molecule has 2 rings (SSSR count). The fourth-order valence-electron chi connectivity index (χ4n) is 1.77. The SMILES string of the molecule is O=C(N[C@@H](CO)Cc1ccccc1)c1cncc(Cl)n1. The number of aromatic nitrogens is 2. The third kappa shape index (κ3) is 4.01. The zero-order valence-electron chi connectivity index (χ0n) is 10.7. The fraction of sp³-hybridized carbons (Fsp3) is 0.214. The monoisotopic (exact) mass is 291 g/mol. The molecular weight excluding hydrogens is 278 g/mol. The van der Waals surface area contributed by atoms with E-state index in [1.165, 1.54) is 12.4 Å². The summed E-state index contributed by atoms with van der Waals surface area (Å²) in [6.07, 6.45) is 3.22. The number of halogens is 1. The van der Waals surface area contributed by atoms with Crippen molar-refractivity contribution < 1.29 is 9.90 Å². The summed E-state index contributed by atoms with van der Waals surface area (Å²) in [5, 5.41) is 12.2. The standard InChI is InChI=1S/C14H14ClN3O2/c15-13-8-16-7-12(18-13)14(20)17-11(9-19)6-10-4-2-1-3-5-10/h1-5,7-8,11,19H,6,9H2,(H,17,20)/t11-/m1/s1. The Kier molecular flexibility index (Phi) is 5.03. The van der Waals surface area contributed by atoms with E-state index >= 15 is 0 Å². The molecule has 1 atom stereocenters. The van der Waals surface area contributed by atoms with Gasteiger partial charge in [-0.25, -0.2) is 4.98 Å². The van der Waals surface area contributed by atoms with E-state index in [9.17, 15) is 9.90 Å². The second kappa shape index (κ2) is 6.98. The zero-order chi connectivity index (χ0) is 14.4. The highest BCUT2D eigenvalue weighted by atomic mass is 35.5.